The van der Waals surface area contributed by atoms with Crippen molar-refractivity contribution in [1.82, 2.24) is 0 Å². The fraction of sp³-hybridized carbons (Fsp3) is 0.714. The Labute approximate surface area is 72.6 Å². The number of carbonyl (C=O) groups excluding carboxylic acids is 2. The Bertz CT molecular complexity index is 173. The van der Waals surface area contributed by atoms with Gasteiger partial charge in [0.25, 0.3) is 6.47 Å². The number of hydrogen-bond donors (Lipinski definition) is 0. The van der Waals surface area contributed by atoms with Gasteiger partial charge in [-0.2, -0.15) is 0 Å². The van der Waals surface area contributed by atoms with Gasteiger partial charge in [0.1, 0.15) is 0 Å². The molecule has 0 fully saturated rings. The molecule has 0 rings (SSSR count). The summed E-state index contributed by atoms with van der Waals surface area (Å²) in [6, 6.07) is 0. The number of hydrogen-bond acceptors (Lipinski definition) is 4. The Balaban J connectivity index is 3.92. The normalized spacial score (nSPS) is 13.2. The van der Waals surface area contributed by atoms with Crippen molar-refractivity contribution >= 4 is 20.3 Å². The Morgan fingerprint density at radius 3 is 2.33 bits per heavy atom. The van der Waals surface area contributed by atoms with Gasteiger partial charge in [0, 0.05) is 0 Å². The average Bonchev–Trinajstić information content (AvgIpc) is 1.85. The van der Waals surface area contributed by atoms with Crippen molar-refractivity contribution < 1.29 is 19.1 Å². The average molecular weight is 170 g/mol. The van der Waals surface area contributed by atoms with Crippen LogP contribution in [-0.4, -0.2) is 26.5 Å². The molecule has 1 unspecified atom stereocenters. The summed E-state index contributed by atoms with van der Waals surface area (Å²) in [6.45, 7) is 5.13. The van der Waals surface area contributed by atoms with Crippen molar-refractivity contribution in [2.75, 3.05) is 0 Å². The molecule has 0 aliphatic heterocycles. The van der Waals surface area contributed by atoms with E-state index >= 15 is 0 Å². The molecule has 66 valence electrons. The van der Waals surface area contributed by atoms with Gasteiger partial charge in [-0.15, -0.1) is 0 Å². The molecule has 0 aromatic heterocycles. The largest absolute Gasteiger partial charge is 0.438 e. The van der Waals surface area contributed by atoms with E-state index in [4.69, 9.17) is 7.85 Å². The molecular formula is C7H11BO4. The van der Waals surface area contributed by atoms with Crippen LogP contribution < -0.4 is 0 Å². The van der Waals surface area contributed by atoms with Crippen molar-refractivity contribution in [2.45, 2.75) is 27.0 Å². The van der Waals surface area contributed by atoms with E-state index in [2.05, 4.69) is 9.47 Å². The monoisotopic (exact) mass is 170 g/mol. The Kier molecular flexibility index (Phi) is 3.79. The second kappa shape index (κ2) is 4.14. The van der Waals surface area contributed by atoms with Crippen molar-refractivity contribution in [3.05, 3.63) is 0 Å². The van der Waals surface area contributed by atoms with Crippen LogP contribution in [0.5, 0.6) is 0 Å². The molecule has 0 amide bonds. The van der Waals surface area contributed by atoms with Gasteiger partial charge in [-0.05, 0) is 20.8 Å². The second-order valence-electron chi connectivity index (χ2n) is 3.26. The molecule has 0 aliphatic carbocycles. The Morgan fingerprint density at radius 1 is 1.50 bits per heavy atom. The van der Waals surface area contributed by atoms with E-state index in [0.717, 1.165) is 0 Å². The van der Waals surface area contributed by atoms with Crippen LogP contribution in [0.3, 0.4) is 0 Å². The molecule has 4 nitrogen and oxygen atoms in total. The van der Waals surface area contributed by atoms with Crippen LogP contribution in [0.2, 0.25) is 0 Å². The van der Waals surface area contributed by atoms with Gasteiger partial charge in [-0.1, -0.05) is 0 Å². The maximum absolute atomic E-state index is 11.1. The van der Waals surface area contributed by atoms with Crippen molar-refractivity contribution in [2.24, 2.45) is 5.41 Å². The molecule has 0 N–H and O–H groups in total. The standard InChI is InChI=1S/C7H11BO4/c1-7(2,3)5(10)12-6(8)11-4-9/h4,6H,1-3H3. The zero-order chi connectivity index (χ0) is 9.78. The van der Waals surface area contributed by atoms with Crippen LogP contribution in [0.1, 0.15) is 20.8 Å². The van der Waals surface area contributed by atoms with E-state index in [1.807, 2.05) is 0 Å². The minimum atomic E-state index is -1.31. The number of esters is 1. The van der Waals surface area contributed by atoms with Gasteiger partial charge in [0.2, 0.25) is 0 Å². The molecule has 12 heavy (non-hydrogen) atoms. The Hall–Kier alpha value is -0.995. The molecular weight excluding hydrogens is 159 g/mol. The van der Waals surface area contributed by atoms with Gasteiger partial charge in [0.15, 0.2) is 14.0 Å². The molecule has 0 bridgehead atoms. The molecule has 2 radical (unpaired) electrons. The zero-order valence-corrected chi connectivity index (χ0v) is 7.37. The molecule has 0 spiro atoms. The van der Waals surface area contributed by atoms with Crippen molar-refractivity contribution in [3.63, 3.8) is 0 Å². The number of ether oxygens (including phenoxy) is 2. The first-order valence-electron chi connectivity index (χ1n) is 3.43. The lowest BCUT2D eigenvalue weighted by molar-refractivity contribution is -0.173. The lowest BCUT2D eigenvalue weighted by Crippen LogP contribution is -2.29. The highest BCUT2D eigenvalue weighted by atomic mass is 16.7. The van der Waals surface area contributed by atoms with Crippen LogP contribution in [-0.2, 0) is 19.1 Å². The van der Waals surface area contributed by atoms with Crippen LogP contribution >= 0.6 is 0 Å². The summed E-state index contributed by atoms with van der Waals surface area (Å²) < 4.78 is 8.70. The lowest BCUT2D eigenvalue weighted by atomic mass is 9.97. The first kappa shape index (κ1) is 11.0. The van der Waals surface area contributed by atoms with Crippen LogP contribution in [0.4, 0.5) is 0 Å². The fourth-order valence-corrected chi connectivity index (χ4v) is 0.365. The maximum atomic E-state index is 11.1. The van der Waals surface area contributed by atoms with Crippen LogP contribution in [0, 0.1) is 5.41 Å². The zero-order valence-electron chi connectivity index (χ0n) is 7.37. The quantitative estimate of drug-likeness (QED) is 0.262. The third-order valence-electron chi connectivity index (χ3n) is 1.03. The molecule has 0 aliphatic rings. The highest BCUT2D eigenvalue weighted by Gasteiger charge is 2.24. The van der Waals surface area contributed by atoms with E-state index in [-0.39, 0.29) is 6.47 Å². The lowest BCUT2D eigenvalue weighted by Gasteiger charge is -2.19. The SMILES string of the molecule is [B]C(OC=O)OC(=O)C(C)(C)C. The highest BCUT2D eigenvalue weighted by Crippen LogP contribution is 2.15. The van der Waals surface area contributed by atoms with Crippen LogP contribution in [0.15, 0.2) is 0 Å². The summed E-state index contributed by atoms with van der Waals surface area (Å²) in [5.74, 6) is -0.517. The van der Waals surface area contributed by atoms with Gasteiger partial charge in [-0.25, -0.2) is 0 Å². The topological polar surface area (TPSA) is 52.6 Å². The molecule has 0 saturated heterocycles. The number of rotatable bonds is 3. The Morgan fingerprint density at radius 2 is 2.00 bits per heavy atom. The number of carbonyl (C=O) groups is 2. The van der Waals surface area contributed by atoms with E-state index in [1.165, 1.54) is 0 Å². The second-order valence-corrected chi connectivity index (χ2v) is 3.26. The van der Waals surface area contributed by atoms with E-state index in [1.54, 1.807) is 20.8 Å². The fourth-order valence-electron chi connectivity index (χ4n) is 0.365. The minimum absolute atomic E-state index is 0.126. The molecule has 0 aromatic rings. The van der Waals surface area contributed by atoms with Gasteiger partial charge >= 0.3 is 5.97 Å². The van der Waals surface area contributed by atoms with Crippen molar-refractivity contribution in [3.8, 4) is 0 Å². The maximum Gasteiger partial charge on any atom is 0.313 e. The van der Waals surface area contributed by atoms with E-state index in [0.29, 0.717) is 0 Å². The molecule has 0 heterocycles. The summed E-state index contributed by atoms with van der Waals surface area (Å²) in [7, 11) is 5.09. The van der Waals surface area contributed by atoms with Gasteiger partial charge in [0.05, 0.1) is 5.41 Å². The summed E-state index contributed by atoms with van der Waals surface area (Å²) in [6.07, 6.45) is -1.31. The van der Waals surface area contributed by atoms with Gasteiger partial charge < -0.3 is 9.47 Å². The smallest absolute Gasteiger partial charge is 0.313 e. The first-order chi connectivity index (χ1) is 5.38. The van der Waals surface area contributed by atoms with E-state index in [9.17, 15) is 9.59 Å². The minimum Gasteiger partial charge on any atom is -0.438 e. The summed E-state index contributed by atoms with van der Waals surface area (Å²) in [4.78, 5) is 20.8. The summed E-state index contributed by atoms with van der Waals surface area (Å²) >= 11 is 0. The summed E-state index contributed by atoms with van der Waals surface area (Å²) in [5, 5.41) is 0. The molecule has 0 saturated carbocycles. The molecule has 0 aromatic carbocycles. The third-order valence-corrected chi connectivity index (χ3v) is 1.03. The predicted octanol–water partition coefficient (Wildman–Crippen LogP) is 0.201. The van der Waals surface area contributed by atoms with Crippen LogP contribution in [0.25, 0.3) is 0 Å². The van der Waals surface area contributed by atoms with Crippen molar-refractivity contribution in [1.29, 1.82) is 0 Å². The summed E-state index contributed by atoms with van der Waals surface area (Å²) in [5.41, 5.74) is -0.649. The molecule has 5 heteroatoms. The van der Waals surface area contributed by atoms with E-state index < -0.39 is 17.6 Å². The highest BCUT2D eigenvalue weighted by molar-refractivity contribution is 6.11. The predicted molar refractivity (Wildman–Crippen MR) is 42.2 cm³/mol. The third kappa shape index (κ3) is 4.00. The first-order valence-corrected chi connectivity index (χ1v) is 3.43. The molecule has 1 atom stereocenters. The van der Waals surface area contributed by atoms with Gasteiger partial charge in [-0.3, -0.25) is 9.59 Å².